The van der Waals surface area contributed by atoms with Crippen LogP contribution in [0.4, 0.5) is 0 Å². The number of hydrogen-bond donors (Lipinski definition) is 1. The Hall–Kier alpha value is -0.870. The normalized spacial score (nSPS) is 13.2. The summed E-state index contributed by atoms with van der Waals surface area (Å²) in [6, 6.07) is 0.412. The molecule has 0 aliphatic carbocycles. The molecule has 1 aromatic heterocycles. The Labute approximate surface area is 104 Å². The van der Waals surface area contributed by atoms with E-state index in [1.807, 2.05) is 6.33 Å². The van der Waals surface area contributed by atoms with Crippen LogP contribution in [-0.4, -0.2) is 39.2 Å². The minimum atomic E-state index is 0.0698. The summed E-state index contributed by atoms with van der Waals surface area (Å²) in [6.45, 7) is 10.1. The zero-order valence-corrected chi connectivity index (χ0v) is 11.3. The standard InChI is InChI=1S/C13H25N3O/c1-4-15(5-2)8-6-7-12(3)16-11-14-9-13(16)10-17/h9,11-12,17H,4-8,10H2,1-3H3. The van der Waals surface area contributed by atoms with E-state index < -0.39 is 0 Å². The second-order valence-electron chi connectivity index (χ2n) is 4.47. The van der Waals surface area contributed by atoms with Crippen LogP contribution in [-0.2, 0) is 6.61 Å². The van der Waals surface area contributed by atoms with E-state index in [0.29, 0.717) is 6.04 Å². The van der Waals surface area contributed by atoms with Gasteiger partial charge in [0, 0.05) is 6.04 Å². The van der Waals surface area contributed by atoms with E-state index in [1.165, 1.54) is 6.42 Å². The monoisotopic (exact) mass is 239 g/mol. The molecule has 0 amide bonds. The molecule has 0 spiro atoms. The fourth-order valence-corrected chi connectivity index (χ4v) is 2.14. The summed E-state index contributed by atoms with van der Waals surface area (Å²) < 4.78 is 2.07. The highest BCUT2D eigenvalue weighted by atomic mass is 16.3. The molecule has 1 aromatic rings. The van der Waals surface area contributed by atoms with Crippen LogP contribution in [0.1, 0.15) is 45.3 Å². The summed E-state index contributed by atoms with van der Waals surface area (Å²) >= 11 is 0. The Bertz CT molecular complexity index is 307. The largest absolute Gasteiger partial charge is 0.390 e. The van der Waals surface area contributed by atoms with Gasteiger partial charge in [0.05, 0.1) is 24.8 Å². The molecule has 0 aliphatic rings. The van der Waals surface area contributed by atoms with Gasteiger partial charge in [-0.25, -0.2) is 4.98 Å². The summed E-state index contributed by atoms with van der Waals surface area (Å²) in [5, 5.41) is 9.18. The first-order chi connectivity index (χ1) is 8.22. The fraction of sp³-hybridized carbons (Fsp3) is 0.769. The van der Waals surface area contributed by atoms with Crippen molar-refractivity contribution in [1.82, 2.24) is 14.5 Å². The maximum absolute atomic E-state index is 9.18. The quantitative estimate of drug-likeness (QED) is 0.755. The lowest BCUT2D eigenvalue weighted by Crippen LogP contribution is -2.24. The van der Waals surface area contributed by atoms with Gasteiger partial charge in [-0.1, -0.05) is 13.8 Å². The topological polar surface area (TPSA) is 41.3 Å². The van der Waals surface area contributed by atoms with E-state index in [2.05, 4.69) is 35.2 Å². The molecular formula is C13H25N3O. The molecule has 1 heterocycles. The van der Waals surface area contributed by atoms with Crippen molar-refractivity contribution in [2.45, 2.75) is 46.3 Å². The number of aromatic nitrogens is 2. The van der Waals surface area contributed by atoms with E-state index in [0.717, 1.165) is 31.7 Å². The van der Waals surface area contributed by atoms with Crippen LogP contribution in [0.5, 0.6) is 0 Å². The average Bonchev–Trinajstić information content (AvgIpc) is 2.82. The Morgan fingerprint density at radius 1 is 1.41 bits per heavy atom. The van der Waals surface area contributed by atoms with Crippen molar-refractivity contribution in [2.24, 2.45) is 0 Å². The Kier molecular flexibility index (Phi) is 6.22. The third-order valence-electron chi connectivity index (χ3n) is 3.37. The van der Waals surface area contributed by atoms with Gasteiger partial charge in [0.15, 0.2) is 0 Å². The smallest absolute Gasteiger partial charge is 0.0951 e. The number of rotatable bonds is 8. The molecule has 0 saturated carbocycles. The molecule has 4 heteroatoms. The molecule has 0 fully saturated rings. The molecule has 0 saturated heterocycles. The van der Waals surface area contributed by atoms with Gasteiger partial charge in [-0.2, -0.15) is 0 Å². The van der Waals surface area contributed by atoms with E-state index in [-0.39, 0.29) is 6.61 Å². The summed E-state index contributed by atoms with van der Waals surface area (Å²) in [6.07, 6.45) is 5.86. The van der Waals surface area contributed by atoms with Crippen molar-refractivity contribution < 1.29 is 5.11 Å². The third kappa shape index (κ3) is 4.13. The molecule has 0 aliphatic heterocycles. The van der Waals surface area contributed by atoms with Gasteiger partial charge in [0.2, 0.25) is 0 Å². The van der Waals surface area contributed by atoms with Gasteiger partial charge in [-0.3, -0.25) is 0 Å². The van der Waals surface area contributed by atoms with E-state index in [4.69, 9.17) is 0 Å². The predicted octanol–water partition coefficient (Wildman–Crippen LogP) is 2.06. The van der Waals surface area contributed by atoms with Gasteiger partial charge in [0.1, 0.15) is 0 Å². The SMILES string of the molecule is CCN(CC)CCCC(C)n1cncc1CO. The second kappa shape index (κ2) is 7.45. The maximum atomic E-state index is 9.18. The van der Waals surface area contributed by atoms with Crippen LogP contribution in [0.3, 0.4) is 0 Å². The van der Waals surface area contributed by atoms with Crippen LogP contribution in [0.25, 0.3) is 0 Å². The molecule has 1 atom stereocenters. The molecular weight excluding hydrogens is 214 g/mol. The Balaban J connectivity index is 2.37. The lowest BCUT2D eigenvalue weighted by atomic mass is 10.1. The van der Waals surface area contributed by atoms with Crippen molar-refractivity contribution in [3.8, 4) is 0 Å². The third-order valence-corrected chi connectivity index (χ3v) is 3.37. The van der Waals surface area contributed by atoms with E-state index >= 15 is 0 Å². The molecule has 0 aromatic carbocycles. The summed E-state index contributed by atoms with van der Waals surface area (Å²) in [7, 11) is 0. The number of aliphatic hydroxyl groups excluding tert-OH is 1. The zero-order valence-electron chi connectivity index (χ0n) is 11.3. The zero-order chi connectivity index (χ0) is 12.7. The molecule has 1 N–H and O–H groups in total. The molecule has 1 unspecified atom stereocenters. The van der Waals surface area contributed by atoms with Gasteiger partial charge in [-0.15, -0.1) is 0 Å². The minimum Gasteiger partial charge on any atom is -0.390 e. The second-order valence-corrected chi connectivity index (χ2v) is 4.47. The van der Waals surface area contributed by atoms with Crippen molar-refractivity contribution in [3.63, 3.8) is 0 Å². The molecule has 1 rings (SSSR count). The first kappa shape index (κ1) is 14.2. The van der Waals surface area contributed by atoms with Crippen molar-refractivity contribution in [2.75, 3.05) is 19.6 Å². The highest BCUT2D eigenvalue weighted by Crippen LogP contribution is 2.15. The fourth-order valence-electron chi connectivity index (χ4n) is 2.14. The van der Waals surface area contributed by atoms with Crippen LogP contribution in [0.15, 0.2) is 12.5 Å². The summed E-state index contributed by atoms with van der Waals surface area (Å²) in [4.78, 5) is 6.52. The van der Waals surface area contributed by atoms with Crippen LogP contribution in [0, 0.1) is 0 Å². The van der Waals surface area contributed by atoms with E-state index in [1.54, 1.807) is 6.20 Å². The lowest BCUT2D eigenvalue weighted by Gasteiger charge is -2.20. The first-order valence-corrected chi connectivity index (χ1v) is 6.56. The van der Waals surface area contributed by atoms with Crippen LogP contribution < -0.4 is 0 Å². The number of aliphatic hydroxyl groups is 1. The highest BCUT2D eigenvalue weighted by molar-refractivity contribution is 4.97. The Morgan fingerprint density at radius 2 is 2.12 bits per heavy atom. The molecule has 98 valence electrons. The van der Waals surface area contributed by atoms with Crippen molar-refractivity contribution >= 4 is 0 Å². The van der Waals surface area contributed by atoms with Crippen molar-refractivity contribution in [3.05, 3.63) is 18.2 Å². The number of nitrogens with zero attached hydrogens (tertiary/aromatic N) is 3. The number of hydrogen-bond acceptors (Lipinski definition) is 3. The molecule has 17 heavy (non-hydrogen) atoms. The van der Waals surface area contributed by atoms with Gasteiger partial charge in [0.25, 0.3) is 0 Å². The average molecular weight is 239 g/mol. The molecule has 4 nitrogen and oxygen atoms in total. The Morgan fingerprint density at radius 3 is 2.71 bits per heavy atom. The van der Waals surface area contributed by atoms with Gasteiger partial charge >= 0.3 is 0 Å². The van der Waals surface area contributed by atoms with Crippen molar-refractivity contribution in [1.29, 1.82) is 0 Å². The minimum absolute atomic E-state index is 0.0698. The summed E-state index contributed by atoms with van der Waals surface area (Å²) in [5.41, 5.74) is 0.903. The van der Waals surface area contributed by atoms with Gasteiger partial charge < -0.3 is 14.6 Å². The van der Waals surface area contributed by atoms with Crippen LogP contribution in [0.2, 0.25) is 0 Å². The maximum Gasteiger partial charge on any atom is 0.0951 e. The summed E-state index contributed by atoms with van der Waals surface area (Å²) in [5.74, 6) is 0. The van der Waals surface area contributed by atoms with E-state index in [9.17, 15) is 5.11 Å². The number of imidazole rings is 1. The van der Waals surface area contributed by atoms with Crippen LogP contribution >= 0.6 is 0 Å². The van der Waals surface area contributed by atoms with Gasteiger partial charge in [-0.05, 0) is 39.4 Å². The molecule has 0 bridgehead atoms. The molecule has 0 radical (unpaired) electrons. The predicted molar refractivity (Wildman–Crippen MR) is 69.9 cm³/mol. The lowest BCUT2D eigenvalue weighted by molar-refractivity contribution is 0.261. The highest BCUT2D eigenvalue weighted by Gasteiger charge is 2.09. The first-order valence-electron chi connectivity index (χ1n) is 6.56.